The van der Waals surface area contributed by atoms with Gasteiger partial charge in [-0.25, -0.2) is 23.1 Å². The zero-order valence-electron chi connectivity index (χ0n) is 23.4. The number of phenolic OH excluding ortho intramolecular Hbond substituents is 1. The lowest BCUT2D eigenvalue weighted by Crippen LogP contribution is -2.56. The summed E-state index contributed by atoms with van der Waals surface area (Å²) < 4.78 is 38.9. The first-order chi connectivity index (χ1) is 20.1. The fourth-order valence-electron chi connectivity index (χ4n) is 5.88. The number of para-hydroxylation sites is 1. The van der Waals surface area contributed by atoms with Gasteiger partial charge in [0.1, 0.15) is 35.1 Å². The second-order valence-electron chi connectivity index (χ2n) is 10.8. The molecule has 0 bridgehead atoms. The first-order valence-electron chi connectivity index (χ1n) is 13.7. The van der Waals surface area contributed by atoms with Crippen LogP contribution in [0.1, 0.15) is 30.9 Å². The zero-order valence-corrected chi connectivity index (χ0v) is 23.4. The molecular weight excluding hydrogens is 544 g/mol. The van der Waals surface area contributed by atoms with Gasteiger partial charge in [-0.3, -0.25) is 4.79 Å². The van der Waals surface area contributed by atoms with Gasteiger partial charge in [-0.15, -0.1) is 0 Å². The number of fused-ring (bicyclic) bond motifs is 2. The number of hydrogen-bond acceptors (Lipinski definition) is 7. The van der Waals surface area contributed by atoms with Crippen LogP contribution in [0.4, 0.5) is 14.6 Å². The number of ether oxygens (including phenoxy) is 1. The maximum absolute atomic E-state index is 16.4. The van der Waals surface area contributed by atoms with E-state index in [1.807, 2.05) is 43.9 Å². The van der Waals surface area contributed by atoms with E-state index in [9.17, 15) is 14.7 Å². The van der Waals surface area contributed by atoms with Crippen molar-refractivity contribution in [3.63, 3.8) is 0 Å². The van der Waals surface area contributed by atoms with Gasteiger partial charge in [0.25, 0.3) is 0 Å². The van der Waals surface area contributed by atoms with Crippen LogP contribution >= 0.6 is 0 Å². The standard InChI is InChI=1S/C31H29F2N5O4/c1-5-22(40)36-12-13-37-18(14-36)15-42-28-24-29(37)35-31(41)38(27-17(4)8-6-9-19(27)16(2)3)30(24)34-26(25(28)33)23-20(32)10-7-11-21(23)39/h5-11,16,18,39H,1,12-15H2,2-4H3. The van der Waals surface area contributed by atoms with Crippen LogP contribution in [-0.4, -0.2) is 62.7 Å². The molecule has 1 fully saturated rings. The molecular formula is C31H29F2N5O4. The summed E-state index contributed by atoms with van der Waals surface area (Å²) in [5.74, 6) is -2.74. The molecule has 2 aromatic heterocycles. The molecule has 2 aliphatic heterocycles. The number of amides is 1. The maximum Gasteiger partial charge on any atom is 0.355 e. The van der Waals surface area contributed by atoms with Crippen LogP contribution in [0.3, 0.4) is 0 Å². The van der Waals surface area contributed by atoms with E-state index in [4.69, 9.17) is 4.74 Å². The van der Waals surface area contributed by atoms with Gasteiger partial charge < -0.3 is 19.6 Å². The van der Waals surface area contributed by atoms with Crippen molar-refractivity contribution < 1.29 is 23.4 Å². The Morgan fingerprint density at radius 1 is 1.17 bits per heavy atom. The average Bonchev–Trinajstić information content (AvgIpc) is 3.12. The van der Waals surface area contributed by atoms with Gasteiger partial charge in [-0.1, -0.05) is 44.7 Å². The van der Waals surface area contributed by atoms with Crippen molar-refractivity contribution in [1.82, 2.24) is 19.4 Å². The van der Waals surface area contributed by atoms with Gasteiger partial charge in [-0.2, -0.15) is 4.98 Å². The number of hydrogen-bond donors (Lipinski definition) is 1. The first kappa shape index (κ1) is 27.4. The molecule has 2 aliphatic rings. The molecule has 1 atom stereocenters. The van der Waals surface area contributed by atoms with Gasteiger partial charge >= 0.3 is 5.69 Å². The van der Waals surface area contributed by atoms with Gasteiger partial charge in [0, 0.05) is 19.6 Å². The smallest absolute Gasteiger partial charge is 0.355 e. The number of aryl methyl sites for hydroxylation is 1. The van der Waals surface area contributed by atoms with Crippen molar-refractivity contribution in [2.75, 3.05) is 31.1 Å². The lowest BCUT2D eigenvalue weighted by Gasteiger charge is -2.40. The van der Waals surface area contributed by atoms with Crippen molar-refractivity contribution >= 4 is 22.8 Å². The maximum atomic E-state index is 16.4. The van der Waals surface area contributed by atoms with Crippen molar-refractivity contribution in [3.8, 4) is 28.4 Å². The number of nitrogens with zero attached hydrogens (tertiary/aromatic N) is 5. The Morgan fingerprint density at radius 3 is 2.64 bits per heavy atom. The van der Waals surface area contributed by atoms with E-state index in [2.05, 4.69) is 16.5 Å². The molecule has 1 amide bonds. The van der Waals surface area contributed by atoms with Crippen molar-refractivity contribution in [1.29, 1.82) is 0 Å². The molecule has 1 saturated heterocycles. The number of aromatic nitrogens is 3. The van der Waals surface area contributed by atoms with Crippen LogP contribution < -0.4 is 15.3 Å². The summed E-state index contributed by atoms with van der Waals surface area (Å²) in [6, 6.07) is 8.79. The molecule has 216 valence electrons. The number of phenols is 1. The largest absolute Gasteiger partial charge is 0.507 e. The summed E-state index contributed by atoms with van der Waals surface area (Å²) in [6.07, 6.45) is 1.23. The molecule has 0 radical (unpaired) electrons. The molecule has 4 aromatic rings. The fraction of sp³-hybridized carbons (Fsp3) is 0.290. The molecule has 9 nitrogen and oxygen atoms in total. The topological polar surface area (TPSA) is 101 Å². The fourth-order valence-corrected chi connectivity index (χ4v) is 5.88. The Morgan fingerprint density at radius 2 is 1.93 bits per heavy atom. The highest BCUT2D eigenvalue weighted by Crippen LogP contribution is 2.44. The molecule has 1 unspecified atom stereocenters. The van der Waals surface area contributed by atoms with E-state index in [0.717, 1.165) is 17.2 Å². The number of anilines is 1. The minimum absolute atomic E-state index is 0.00307. The molecule has 2 aromatic carbocycles. The normalized spacial score (nSPS) is 16.3. The molecule has 4 heterocycles. The Balaban J connectivity index is 1.71. The molecule has 0 saturated carbocycles. The Labute approximate surface area is 240 Å². The summed E-state index contributed by atoms with van der Waals surface area (Å²) in [4.78, 5) is 38.8. The number of aromatic hydroxyl groups is 1. The van der Waals surface area contributed by atoms with Crippen molar-refractivity contribution in [2.45, 2.75) is 32.7 Å². The van der Waals surface area contributed by atoms with Crippen LogP contribution in [0.5, 0.6) is 11.5 Å². The third kappa shape index (κ3) is 4.18. The third-order valence-corrected chi connectivity index (χ3v) is 7.91. The SMILES string of the molecule is C=CC(=O)N1CCN2c3nc(=O)n(-c4c(C)cccc4C(C)C)c4nc(-c5c(O)cccc5F)c(F)c(c34)OCC2C1. The number of benzene rings is 2. The van der Waals surface area contributed by atoms with E-state index in [-0.39, 0.29) is 47.6 Å². The van der Waals surface area contributed by atoms with E-state index in [1.165, 1.54) is 22.8 Å². The highest BCUT2D eigenvalue weighted by atomic mass is 19.1. The second kappa shape index (κ2) is 10.2. The zero-order chi connectivity index (χ0) is 29.9. The lowest BCUT2D eigenvalue weighted by atomic mass is 9.98. The Hall–Kier alpha value is -4.80. The van der Waals surface area contributed by atoms with E-state index in [1.54, 1.807) is 4.90 Å². The number of carbonyl (C=O) groups is 1. The molecule has 1 N–H and O–H groups in total. The van der Waals surface area contributed by atoms with Gasteiger partial charge in [0.2, 0.25) is 5.91 Å². The second-order valence-corrected chi connectivity index (χ2v) is 10.8. The van der Waals surface area contributed by atoms with E-state index < -0.39 is 40.4 Å². The lowest BCUT2D eigenvalue weighted by molar-refractivity contribution is -0.126. The van der Waals surface area contributed by atoms with Crippen LogP contribution in [0.25, 0.3) is 28.0 Å². The van der Waals surface area contributed by atoms with Crippen molar-refractivity contribution in [2.24, 2.45) is 0 Å². The number of carbonyl (C=O) groups excluding carboxylic acids is 1. The molecule has 6 rings (SSSR count). The van der Waals surface area contributed by atoms with Crippen LogP contribution in [0.15, 0.2) is 53.8 Å². The first-order valence-corrected chi connectivity index (χ1v) is 13.7. The number of pyridine rings is 1. The number of piperazine rings is 1. The summed E-state index contributed by atoms with van der Waals surface area (Å²) in [5.41, 5.74) is 0.531. The van der Waals surface area contributed by atoms with Gasteiger partial charge in [-0.05, 0) is 42.2 Å². The van der Waals surface area contributed by atoms with Crippen molar-refractivity contribution in [3.05, 3.63) is 82.3 Å². The monoisotopic (exact) mass is 573 g/mol. The Bertz CT molecular complexity index is 1820. The van der Waals surface area contributed by atoms with Gasteiger partial charge in [0.05, 0.1) is 17.3 Å². The van der Waals surface area contributed by atoms with Crippen LogP contribution in [0.2, 0.25) is 0 Å². The predicted molar refractivity (Wildman–Crippen MR) is 154 cm³/mol. The third-order valence-electron chi connectivity index (χ3n) is 7.91. The average molecular weight is 574 g/mol. The van der Waals surface area contributed by atoms with Crippen LogP contribution in [-0.2, 0) is 4.79 Å². The highest BCUT2D eigenvalue weighted by molar-refractivity contribution is 5.97. The number of rotatable bonds is 4. The summed E-state index contributed by atoms with van der Waals surface area (Å²) in [5, 5.41) is 10.7. The summed E-state index contributed by atoms with van der Waals surface area (Å²) in [7, 11) is 0. The molecule has 11 heteroatoms. The Kier molecular flexibility index (Phi) is 6.67. The van der Waals surface area contributed by atoms with E-state index in [0.29, 0.717) is 18.8 Å². The summed E-state index contributed by atoms with van der Waals surface area (Å²) >= 11 is 0. The van der Waals surface area contributed by atoms with Crippen LogP contribution in [0, 0.1) is 18.6 Å². The summed E-state index contributed by atoms with van der Waals surface area (Å²) in [6.45, 7) is 10.2. The quantitative estimate of drug-likeness (QED) is 0.360. The van der Waals surface area contributed by atoms with E-state index >= 15 is 8.78 Å². The highest BCUT2D eigenvalue weighted by Gasteiger charge is 2.38. The van der Waals surface area contributed by atoms with Gasteiger partial charge in [0.15, 0.2) is 17.2 Å². The number of halogens is 2. The molecule has 0 spiro atoms. The predicted octanol–water partition coefficient (Wildman–Crippen LogP) is 4.46. The minimum atomic E-state index is -0.996. The molecule has 42 heavy (non-hydrogen) atoms. The molecule has 0 aliphatic carbocycles. The minimum Gasteiger partial charge on any atom is -0.507 e.